The quantitative estimate of drug-likeness (QED) is 0.393. The van der Waals surface area contributed by atoms with Crippen molar-refractivity contribution in [1.82, 2.24) is 10.3 Å². The van der Waals surface area contributed by atoms with Crippen LogP contribution in [-0.2, 0) is 6.54 Å². The molecule has 2 rings (SSSR count). The van der Waals surface area contributed by atoms with Crippen molar-refractivity contribution in [2.75, 3.05) is 13.6 Å². The molecule has 0 aromatic carbocycles. The van der Waals surface area contributed by atoms with Gasteiger partial charge in [0.15, 0.2) is 0 Å². The van der Waals surface area contributed by atoms with E-state index in [1.165, 1.54) is 6.26 Å². The molecule has 18 heavy (non-hydrogen) atoms. The maximum absolute atomic E-state index is 11.5. The van der Waals surface area contributed by atoms with Crippen LogP contribution in [-0.4, -0.2) is 35.6 Å². The van der Waals surface area contributed by atoms with Crippen molar-refractivity contribution in [3.63, 3.8) is 0 Å². The van der Waals surface area contributed by atoms with Gasteiger partial charge in [0.05, 0.1) is 24.5 Å². The zero-order valence-corrected chi connectivity index (χ0v) is 10.4. The molecule has 0 radical (unpaired) electrons. The first-order valence-corrected chi connectivity index (χ1v) is 6.04. The van der Waals surface area contributed by atoms with Gasteiger partial charge in [-0.3, -0.25) is 15.1 Å². The van der Waals surface area contributed by atoms with Gasteiger partial charge in [-0.25, -0.2) is 5.84 Å². The first-order valence-electron chi connectivity index (χ1n) is 6.04. The Labute approximate surface area is 106 Å². The SMILES string of the molecule is CN(Cc1occc1C(=O)NN)CC1CC(O)C1. The molecule has 1 aromatic heterocycles. The second-order valence-electron chi connectivity index (χ2n) is 4.92. The van der Waals surface area contributed by atoms with Crippen LogP contribution in [0.2, 0.25) is 0 Å². The predicted octanol–water partition coefficient (Wildman–Crippen LogP) is 0.0858. The van der Waals surface area contributed by atoms with E-state index in [2.05, 4.69) is 10.3 Å². The van der Waals surface area contributed by atoms with Crippen LogP contribution in [0.4, 0.5) is 0 Å². The van der Waals surface area contributed by atoms with E-state index >= 15 is 0 Å². The second kappa shape index (κ2) is 5.51. The topological polar surface area (TPSA) is 91.7 Å². The Morgan fingerprint density at radius 2 is 2.39 bits per heavy atom. The first-order chi connectivity index (χ1) is 8.60. The highest BCUT2D eigenvalue weighted by Crippen LogP contribution is 2.28. The Balaban J connectivity index is 1.88. The minimum absolute atomic E-state index is 0.134. The molecule has 1 aromatic rings. The summed E-state index contributed by atoms with van der Waals surface area (Å²) in [5.41, 5.74) is 2.57. The van der Waals surface area contributed by atoms with Crippen molar-refractivity contribution < 1.29 is 14.3 Å². The number of nitrogens with two attached hydrogens (primary N) is 1. The van der Waals surface area contributed by atoms with Gasteiger partial charge in [-0.15, -0.1) is 0 Å². The third-order valence-corrected chi connectivity index (χ3v) is 3.32. The van der Waals surface area contributed by atoms with Gasteiger partial charge in [-0.05, 0) is 31.9 Å². The van der Waals surface area contributed by atoms with Crippen LogP contribution in [0.5, 0.6) is 0 Å². The fourth-order valence-electron chi connectivity index (χ4n) is 2.34. The zero-order valence-electron chi connectivity index (χ0n) is 10.4. The minimum Gasteiger partial charge on any atom is -0.467 e. The normalized spacial score (nSPS) is 22.9. The predicted molar refractivity (Wildman–Crippen MR) is 65.4 cm³/mol. The van der Waals surface area contributed by atoms with Crippen LogP contribution < -0.4 is 11.3 Å². The van der Waals surface area contributed by atoms with Crippen molar-refractivity contribution in [3.8, 4) is 0 Å². The summed E-state index contributed by atoms with van der Waals surface area (Å²) < 4.78 is 5.31. The van der Waals surface area contributed by atoms with E-state index in [0.29, 0.717) is 23.8 Å². The van der Waals surface area contributed by atoms with Crippen LogP contribution in [0.15, 0.2) is 16.7 Å². The van der Waals surface area contributed by atoms with Crippen molar-refractivity contribution in [3.05, 3.63) is 23.7 Å². The summed E-state index contributed by atoms with van der Waals surface area (Å²) in [5, 5.41) is 9.23. The van der Waals surface area contributed by atoms with Gasteiger partial charge in [0.2, 0.25) is 0 Å². The largest absolute Gasteiger partial charge is 0.467 e. The molecule has 6 nitrogen and oxygen atoms in total. The minimum atomic E-state index is -0.341. The summed E-state index contributed by atoms with van der Waals surface area (Å²) >= 11 is 0. The Hall–Kier alpha value is -1.37. The Bertz CT molecular complexity index is 412. The first kappa shape index (κ1) is 13.1. The number of aliphatic hydroxyl groups is 1. The molecule has 0 atom stereocenters. The van der Waals surface area contributed by atoms with Crippen LogP contribution in [0.25, 0.3) is 0 Å². The average molecular weight is 253 g/mol. The third-order valence-electron chi connectivity index (χ3n) is 3.32. The Kier molecular flexibility index (Phi) is 4.00. The number of carbonyl (C=O) groups excluding carboxylic acids is 1. The monoisotopic (exact) mass is 253 g/mol. The number of nitrogens with one attached hydrogen (secondary N) is 1. The molecule has 1 aliphatic rings. The molecular formula is C12H19N3O3. The molecule has 1 saturated carbocycles. The Morgan fingerprint density at radius 3 is 3.00 bits per heavy atom. The smallest absolute Gasteiger partial charge is 0.268 e. The number of amides is 1. The van der Waals surface area contributed by atoms with Crippen LogP contribution in [0.1, 0.15) is 29.0 Å². The van der Waals surface area contributed by atoms with Crippen molar-refractivity contribution in [1.29, 1.82) is 0 Å². The maximum atomic E-state index is 11.5. The number of hydrazine groups is 1. The zero-order chi connectivity index (χ0) is 13.1. The highest BCUT2D eigenvalue weighted by atomic mass is 16.3. The molecule has 0 saturated heterocycles. The van der Waals surface area contributed by atoms with E-state index in [1.807, 2.05) is 7.05 Å². The molecule has 1 fully saturated rings. The molecule has 0 aliphatic heterocycles. The summed E-state index contributed by atoms with van der Waals surface area (Å²) in [5.74, 6) is 5.91. The molecule has 100 valence electrons. The lowest BCUT2D eigenvalue weighted by atomic mass is 9.82. The van der Waals surface area contributed by atoms with E-state index in [4.69, 9.17) is 10.3 Å². The van der Waals surface area contributed by atoms with E-state index < -0.39 is 0 Å². The van der Waals surface area contributed by atoms with Gasteiger partial charge in [0, 0.05) is 6.54 Å². The van der Waals surface area contributed by atoms with Crippen molar-refractivity contribution >= 4 is 5.91 Å². The molecule has 0 bridgehead atoms. The van der Waals surface area contributed by atoms with Gasteiger partial charge in [-0.2, -0.15) is 0 Å². The number of hydrogen-bond acceptors (Lipinski definition) is 5. The van der Waals surface area contributed by atoms with Gasteiger partial charge in [0.1, 0.15) is 5.76 Å². The second-order valence-corrected chi connectivity index (χ2v) is 4.92. The van der Waals surface area contributed by atoms with Gasteiger partial charge >= 0.3 is 0 Å². The molecule has 4 N–H and O–H groups in total. The van der Waals surface area contributed by atoms with Crippen LogP contribution in [0, 0.1) is 5.92 Å². The van der Waals surface area contributed by atoms with Crippen LogP contribution >= 0.6 is 0 Å². The summed E-state index contributed by atoms with van der Waals surface area (Å²) in [4.78, 5) is 13.5. The number of nitrogen functional groups attached to an aromatic ring is 1. The lowest BCUT2D eigenvalue weighted by molar-refractivity contribution is 0.0266. The number of nitrogens with zero attached hydrogens (tertiary/aromatic N) is 1. The molecule has 0 spiro atoms. The molecule has 1 amide bonds. The highest BCUT2D eigenvalue weighted by Gasteiger charge is 2.28. The maximum Gasteiger partial charge on any atom is 0.268 e. The number of rotatable bonds is 5. The molecular weight excluding hydrogens is 234 g/mol. The molecule has 0 unspecified atom stereocenters. The summed E-state index contributed by atoms with van der Waals surface area (Å²) in [7, 11) is 1.97. The van der Waals surface area contributed by atoms with E-state index in [0.717, 1.165) is 19.4 Å². The molecule has 1 aliphatic carbocycles. The lowest BCUT2D eigenvalue weighted by Crippen LogP contribution is -2.37. The van der Waals surface area contributed by atoms with Crippen molar-refractivity contribution in [2.24, 2.45) is 11.8 Å². The molecule has 6 heteroatoms. The summed E-state index contributed by atoms with van der Waals surface area (Å²) in [6.07, 6.45) is 3.07. The summed E-state index contributed by atoms with van der Waals surface area (Å²) in [6.45, 7) is 1.45. The third kappa shape index (κ3) is 2.90. The number of carbonyl (C=O) groups is 1. The van der Waals surface area contributed by atoms with Crippen molar-refractivity contribution in [2.45, 2.75) is 25.5 Å². The fourth-order valence-corrected chi connectivity index (χ4v) is 2.34. The summed E-state index contributed by atoms with van der Waals surface area (Å²) in [6, 6.07) is 1.61. The molecule has 1 heterocycles. The number of furan rings is 1. The van der Waals surface area contributed by atoms with Crippen LogP contribution in [0.3, 0.4) is 0 Å². The standard InChI is InChI=1S/C12H19N3O3/c1-15(6-8-4-9(16)5-8)7-11-10(2-3-18-11)12(17)14-13/h2-3,8-9,16H,4-7,13H2,1H3,(H,14,17). The Morgan fingerprint density at radius 1 is 1.67 bits per heavy atom. The van der Waals surface area contributed by atoms with Gasteiger partial charge in [0.25, 0.3) is 5.91 Å². The lowest BCUT2D eigenvalue weighted by Gasteiger charge is -2.34. The van der Waals surface area contributed by atoms with E-state index in [9.17, 15) is 9.90 Å². The fraction of sp³-hybridized carbons (Fsp3) is 0.583. The van der Waals surface area contributed by atoms with Gasteiger partial charge in [-0.1, -0.05) is 0 Å². The number of aliphatic hydroxyl groups excluding tert-OH is 1. The average Bonchev–Trinajstić information content (AvgIpc) is 2.74. The highest BCUT2D eigenvalue weighted by molar-refractivity contribution is 5.94. The number of hydrogen-bond donors (Lipinski definition) is 3. The van der Waals surface area contributed by atoms with E-state index in [1.54, 1.807) is 6.07 Å². The van der Waals surface area contributed by atoms with Gasteiger partial charge < -0.3 is 9.52 Å². The van der Waals surface area contributed by atoms with E-state index in [-0.39, 0.29) is 12.0 Å².